The number of hydrogen-bond donors (Lipinski definition) is 1. The van der Waals surface area contributed by atoms with E-state index in [4.69, 9.17) is 4.74 Å². The van der Waals surface area contributed by atoms with Crippen molar-refractivity contribution in [2.45, 2.75) is 53.2 Å². The Morgan fingerprint density at radius 1 is 1.23 bits per heavy atom. The van der Waals surface area contributed by atoms with Crippen LogP contribution in [0.2, 0.25) is 0 Å². The molecule has 0 aromatic carbocycles. The molecule has 0 fully saturated rings. The Morgan fingerprint density at radius 2 is 1.82 bits per heavy atom. The highest BCUT2D eigenvalue weighted by atomic mass is 79.9. The fourth-order valence-electron chi connectivity index (χ4n) is 1.95. The molecule has 0 radical (unpaired) electrons. The summed E-state index contributed by atoms with van der Waals surface area (Å²) in [6.07, 6.45) is 6.23. The predicted molar refractivity (Wildman–Crippen MR) is 86.7 cm³/mol. The quantitative estimate of drug-likeness (QED) is 0.267. The molecule has 0 saturated heterocycles. The second kappa shape index (κ2) is 11.9. The van der Waals surface area contributed by atoms with Gasteiger partial charge in [-0.25, -0.2) is 4.79 Å². The topological polar surface area (TPSA) is 46.5 Å². The SMILES string of the molecule is CCC(O)[N+](C)(C)CC(=O)OC/C=C(\C)CCC=C(C)C.[Br-]. The number of carbonyl (C=O) groups excluding carboxylic acids is 1. The van der Waals surface area contributed by atoms with Crippen LogP contribution in [-0.2, 0) is 9.53 Å². The molecule has 1 atom stereocenters. The zero-order valence-corrected chi connectivity index (χ0v) is 16.4. The molecule has 0 aliphatic rings. The number of halogens is 1. The summed E-state index contributed by atoms with van der Waals surface area (Å²) in [6, 6.07) is 0. The highest BCUT2D eigenvalue weighted by Crippen LogP contribution is 2.09. The average molecular weight is 378 g/mol. The van der Waals surface area contributed by atoms with Gasteiger partial charge in [0, 0.05) is 6.42 Å². The van der Waals surface area contributed by atoms with Crippen LogP contribution in [0.1, 0.15) is 47.0 Å². The van der Waals surface area contributed by atoms with E-state index in [1.54, 1.807) is 0 Å². The van der Waals surface area contributed by atoms with E-state index in [1.807, 2.05) is 34.0 Å². The van der Waals surface area contributed by atoms with E-state index in [1.165, 1.54) is 11.1 Å². The van der Waals surface area contributed by atoms with Crippen molar-refractivity contribution >= 4 is 5.97 Å². The highest BCUT2D eigenvalue weighted by Gasteiger charge is 2.28. The number of nitrogens with zero attached hydrogens (tertiary/aromatic N) is 1. The summed E-state index contributed by atoms with van der Waals surface area (Å²) in [5.41, 5.74) is 2.55. The van der Waals surface area contributed by atoms with Crippen molar-refractivity contribution in [3.8, 4) is 0 Å². The van der Waals surface area contributed by atoms with Gasteiger partial charge in [0.2, 0.25) is 0 Å². The fraction of sp³-hybridized carbons (Fsp3) is 0.706. The summed E-state index contributed by atoms with van der Waals surface area (Å²) < 4.78 is 5.45. The molecule has 0 amide bonds. The van der Waals surface area contributed by atoms with Crippen LogP contribution in [0.15, 0.2) is 23.3 Å². The normalized spacial score (nSPS) is 13.1. The van der Waals surface area contributed by atoms with E-state index in [0.717, 1.165) is 12.8 Å². The fourth-order valence-corrected chi connectivity index (χ4v) is 1.95. The minimum atomic E-state index is -0.543. The second-order valence-electron chi connectivity index (χ2n) is 6.38. The van der Waals surface area contributed by atoms with E-state index < -0.39 is 6.23 Å². The number of esters is 1. The predicted octanol–water partition coefficient (Wildman–Crippen LogP) is 0.0311. The lowest BCUT2D eigenvalue weighted by molar-refractivity contribution is -0.930. The van der Waals surface area contributed by atoms with Crippen LogP contribution in [0.3, 0.4) is 0 Å². The standard InChI is InChI=1S/C17H32NO3.BrH/c1-7-16(19)18(5,6)13-17(20)21-12-11-15(4)10-8-9-14(2)3;/h9,11,16,19H,7-8,10,12-13H2,1-6H3;1H/q+1;/p-1/b15-11+;. The van der Waals surface area contributed by atoms with E-state index >= 15 is 0 Å². The molecule has 22 heavy (non-hydrogen) atoms. The van der Waals surface area contributed by atoms with Gasteiger partial charge in [0.25, 0.3) is 0 Å². The first-order chi connectivity index (χ1) is 9.69. The minimum Gasteiger partial charge on any atom is -1.00 e. The van der Waals surface area contributed by atoms with Crippen molar-refractivity contribution in [3.63, 3.8) is 0 Å². The van der Waals surface area contributed by atoms with E-state index in [0.29, 0.717) is 13.0 Å². The Morgan fingerprint density at radius 3 is 2.32 bits per heavy atom. The Labute approximate surface area is 146 Å². The molecule has 0 spiro atoms. The van der Waals surface area contributed by atoms with Gasteiger partial charge < -0.3 is 26.8 Å². The number of rotatable bonds is 9. The number of aliphatic hydroxyl groups excluding tert-OH is 1. The van der Waals surface area contributed by atoms with Crippen LogP contribution < -0.4 is 17.0 Å². The van der Waals surface area contributed by atoms with Crippen LogP contribution in [0.5, 0.6) is 0 Å². The van der Waals surface area contributed by atoms with Crippen LogP contribution >= 0.6 is 0 Å². The van der Waals surface area contributed by atoms with Gasteiger partial charge in [0.1, 0.15) is 6.61 Å². The van der Waals surface area contributed by atoms with Gasteiger partial charge in [0.05, 0.1) is 14.1 Å². The molecule has 1 N–H and O–H groups in total. The zero-order valence-electron chi connectivity index (χ0n) is 14.9. The summed E-state index contributed by atoms with van der Waals surface area (Å²) in [4.78, 5) is 11.8. The van der Waals surface area contributed by atoms with Gasteiger partial charge in [-0.2, -0.15) is 0 Å². The van der Waals surface area contributed by atoms with E-state index in [-0.39, 0.29) is 34.0 Å². The summed E-state index contributed by atoms with van der Waals surface area (Å²) in [7, 11) is 3.66. The first-order valence-corrected chi connectivity index (χ1v) is 7.64. The number of hydrogen-bond acceptors (Lipinski definition) is 3. The number of allylic oxidation sites excluding steroid dienone is 3. The molecule has 4 nitrogen and oxygen atoms in total. The molecular weight excluding hydrogens is 346 g/mol. The lowest BCUT2D eigenvalue weighted by Crippen LogP contribution is -3.00. The maximum atomic E-state index is 11.8. The molecule has 1 unspecified atom stereocenters. The van der Waals surface area contributed by atoms with Crippen molar-refractivity contribution in [2.75, 3.05) is 27.2 Å². The largest absolute Gasteiger partial charge is 1.00 e. The maximum absolute atomic E-state index is 11.8. The van der Waals surface area contributed by atoms with Gasteiger partial charge in [-0.3, -0.25) is 4.48 Å². The van der Waals surface area contributed by atoms with Gasteiger partial charge in [-0.15, -0.1) is 0 Å². The third-order valence-corrected chi connectivity index (χ3v) is 3.48. The van der Waals surface area contributed by atoms with E-state index in [9.17, 15) is 9.90 Å². The first-order valence-electron chi connectivity index (χ1n) is 7.64. The van der Waals surface area contributed by atoms with Crippen LogP contribution in [-0.4, -0.2) is 49.0 Å². The lowest BCUT2D eigenvalue weighted by atomic mass is 10.1. The summed E-state index contributed by atoms with van der Waals surface area (Å²) in [5, 5.41) is 9.84. The third-order valence-electron chi connectivity index (χ3n) is 3.48. The van der Waals surface area contributed by atoms with Gasteiger partial charge in [-0.05, 0) is 39.7 Å². The van der Waals surface area contributed by atoms with Crippen molar-refractivity contribution < 1.29 is 36.1 Å². The molecular formula is C17H32BrNO3. The Hall–Kier alpha value is -0.650. The molecule has 0 heterocycles. The van der Waals surface area contributed by atoms with Crippen molar-refractivity contribution in [3.05, 3.63) is 23.3 Å². The van der Waals surface area contributed by atoms with E-state index in [2.05, 4.69) is 19.9 Å². The van der Waals surface area contributed by atoms with Gasteiger partial charge >= 0.3 is 5.97 Å². The number of quaternary nitrogens is 1. The molecule has 0 aromatic rings. The molecule has 0 aliphatic carbocycles. The zero-order chi connectivity index (χ0) is 16.5. The smallest absolute Gasteiger partial charge is 0.362 e. The number of aliphatic hydroxyl groups is 1. The molecule has 5 heteroatoms. The Kier molecular flexibility index (Phi) is 12.7. The number of carbonyl (C=O) groups is 1. The Balaban J connectivity index is 0. The molecule has 0 bridgehead atoms. The first kappa shape index (κ1) is 23.6. The molecule has 0 aliphatic heterocycles. The minimum absolute atomic E-state index is 0. The summed E-state index contributed by atoms with van der Waals surface area (Å²) >= 11 is 0. The summed E-state index contributed by atoms with van der Waals surface area (Å²) in [6.45, 7) is 8.61. The lowest BCUT2D eigenvalue weighted by Gasteiger charge is -2.32. The molecule has 130 valence electrons. The van der Waals surface area contributed by atoms with Crippen molar-refractivity contribution in [1.29, 1.82) is 0 Å². The van der Waals surface area contributed by atoms with Crippen molar-refractivity contribution in [2.24, 2.45) is 0 Å². The molecule has 0 saturated carbocycles. The van der Waals surface area contributed by atoms with Crippen LogP contribution in [0.25, 0.3) is 0 Å². The van der Waals surface area contributed by atoms with Gasteiger partial charge in [-0.1, -0.05) is 24.1 Å². The average Bonchev–Trinajstić information content (AvgIpc) is 2.36. The number of ether oxygens (including phenoxy) is 1. The van der Waals surface area contributed by atoms with Crippen molar-refractivity contribution in [1.82, 2.24) is 0 Å². The number of likely N-dealkylation sites (N-methyl/N-ethyl adjacent to an activating group) is 1. The highest BCUT2D eigenvalue weighted by molar-refractivity contribution is 5.70. The van der Waals surface area contributed by atoms with Crippen LogP contribution in [0.4, 0.5) is 0 Å². The molecule has 0 rings (SSSR count). The summed E-state index contributed by atoms with van der Waals surface area (Å²) in [5.74, 6) is -0.277. The second-order valence-corrected chi connectivity index (χ2v) is 6.38. The monoisotopic (exact) mass is 377 g/mol. The van der Waals surface area contributed by atoms with Crippen LogP contribution in [0, 0.1) is 0 Å². The molecule has 0 aromatic heterocycles. The Bertz CT molecular complexity index is 385. The maximum Gasteiger partial charge on any atom is 0.362 e. The third kappa shape index (κ3) is 11.0. The van der Waals surface area contributed by atoms with Gasteiger partial charge in [0.15, 0.2) is 12.8 Å².